The predicted octanol–water partition coefficient (Wildman–Crippen LogP) is 4.19. The van der Waals surface area contributed by atoms with E-state index in [1.54, 1.807) is 11.8 Å². The highest BCUT2D eigenvalue weighted by atomic mass is 79.9. The fourth-order valence-electron chi connectivity index (χ4n) is 1.66. The Labute approximate surface area is 151 Å². The van der Waals surface area contributed by atoms with Gasteiger partial charge in [0.05, 0.1) is 13.2 Å². The largest absolute Gasteiger partial charge is 0.331 e. The molecule has 0 aliphatic carbocycles. The molecule has 0 radical (unpaired) electrons. The van der Waals surface area contributed by atoms with Crippen molar-refractivity contribution in [2.75, 3.05) is 25.6 Å². The summed E-state index contributed by atoms with van der Waals surface area (Å²) in [5.41, 5.74) is 5.02. The van der Waals surface area contributed by atoms with Gasteiger partial charge in [0.25, 0.3) is 6.64 Å². The van der Waals surface area contributed by atoms with Crippen LogP contribution in [0.5, 0.6) is 0 Å². The van der Waals surface area contributed by atoms with Gasteiger partial charge in [-0.3, -0.25) is 5.43 Å². The maximum atomic E-state index is 5.60. The lowest BCUT2D eigenvalue weighted by molar-refractivity contribution is 0.217. The number of nitrogens with one attached hydrogen (secondary N) is 2. The van der Waals surface area contributed by atoms with Crippen LogP contribution in [0.4, 0.5) is 5.69 Å². The van der Waals surface area contributed by atoms with E-state index in [1.807, 2.05) is 39.0 Å². The number of thiocarbonyl (C=S) groups is 1. The second-order valence-electron chi connectivity index (χ2n) is 4.35. The molecule has 9 heteroatoms. The second kappa shape index (κ2) is 9.27. The lowest BCUT2D eigenvalue weighted by Crippen LogP contribution is -2.40. The van der Waals surface area contributed by atoms with Gasteiger partial charge in [0.15, 0.2) is 5.11 Å². The molecule has 2 N–H and O–H groups in total. The fourth-order valence-corrected chi connectivity index (χ4v) is 4.50. The minimum Gasteiger partial charge on any atom is -0.331 e. The zero-order valence-corrected chi connectivity index (χ0v) is 17.2. The van der Waals surface area contributed by atoms with Gasteiger partial charge >= 0.3 is 0 Å². The van der Waals surface area contributed by atoms with Crippen molar-refractivity contribution in [1.29, 1.82) is 0 Å². The molecular weight excluding hydrogens is 405 g/mol. The number of anilines is 1. The zero-order valence-electron chi connectivity index (χ0n) is 13.1. The van der Waals surface area contributed by atoms with Crippen LogP contribution in [0.15, 0.2) is 22.7 Å². The maximum absolute atomic E-state index is 5.60. The summed E-state index contributed by atoms with van der Waals surface area (Å²) in [6.45, 7) is 4.17. The van der Waals surface area contributed by atoms with Crippen molar-refractivity contribution in [2.45, 2.75) is 20.8 Å². The van der Waals surface area contributed by atoms with Gasteiger partial charge in [-0.1, -0.05) is 15.9 Å². The average molecular weight is 426 g/mol. The van der Waals surface area contributed by atoms with Crippen LogP contribution >= 0.6 is 34.8 Å². The molecular formula is C13H21BrN3O2PS2. The van der Waals surface area contributed by atoms with Crippen LogP contribution in [0, 0.1) is 6.92 Å². The third-order valence-electron chi connectivity index (χ3n) is 2.65. The first kappa shape index (κ1) is 20.0. The summed E-state index contributed by atoms with van der Waals surface area (Å²) in [5, 5.41) is 3.57. The molecule has 0 unspecified atom stereocenters. The molecule has 0 heterocycles. The van der Waals surface area contributed by atoms with Gasteiger partial charge in [0.2, 0.25) is 0 Å². The van der Waals surface area contributed by atoms with Gasteiger partial charge in [0.1, 0.15) is 0 Å². The summed E-state index contributed by atoms with van der Waals surface area (Å²) in [6, 6.07) is 5.92. The molecule has 1 rings (SSSR count). The molecule has 0 atom stereocenters. The molecule has 0 fully saturated rings. The van der Waals surface area contributed by atoms with Crippen molar-refractivity contribution in [1.82, 2.24) is 10.2 Å². The van der Waals surface area contributed by atoms with Gasteiger partial charge in [-0.05, 0) is 68.6 Å². The van der Waals surface area contributed by atoms with E-state index < -0.39 is 6.64 Å². The highest BCUT2D eigenvalue weighted by Crippen LogP contribution is 2.49. The Morgan fingerprint density at radius 1 is 1.32 bits per heavy atom. The molecule has 0 aromatic heterocycles. The highest BCUT2D eigenvalue weighted by Gasteiger charge is 2.25. The monoisotopic (exact) mass is 425 g/mol. The summed E-state index contributed by atoms with van der Waals surface area (Å²) < 4.78 is 13.9. The summed E-state index contributed by atoms with van der Waals surface area (Å²) in [6.07, 6.45) is 0. The minimum absolute atomic E-state index is 0.432. The van der Waals surface area contributed by atoms with E-state index in [-0.39, 0.29) is 0 Å². The molecule has 0 amide bonds. The van der Waals surface area contributed by atoms with Crippen LogP contribution < -0.4 is 10.7 Å². The van der Waals surface area contributed by atoms with Gasteiger partial charge in [-0.25, -0.2) is 0 Å². The van der Waals surface area contributed by atoms with E-state index in [1.165, 1.54) is 0 Å². The summed E-state index contributed by atoms with van der Waals surface area (Å²) in [7, 11) is 1.77. The SMILES string of the molecule is CCOP(=S)(OCC)N(C)NC(=S)Nc1ccc(Br)cc1C. The number of hydrazine groups is 1. The first-order valence-electron chi connectivity index (χ1n) is 6.79. The maximum Gasteiger partial charge on any atom is 0.281 e. The number of halogens is 1. The molecule has 1 aromatic rings. The Morgan fingerprint density at radius 3 is 2.41 bits per heavy atom. The highest BCUT2D eigenvalue weighted by molar-refractivity contribution is 9.10. The molecule has 0 saturated heterocycles. The van der Waals surface area contributed by atoms with E-state index in [0.717, 1.165) is 15.7 Å². The van der Waals surface area contributed by atoms with Crippen molar-refractivity contribution in [3.8, 4) is 0 Å². The molecule has 124 valence electrons. The zero-order chi connectivity index (χ0) is 16.8. The standard InChI is InChI=1S/C13H21BrN3O2PS2/c1-5-18-20(22,19-6-2)17(4)16-13(21)15-12-8-7-11(14)9-10(12)3/h7-9H,5-6H2,1-4H3,(H2,15,16,21). The van der Waals surface area contributed by atoms with Crippen LogP contribution in [0.1, 0.15) is 19.4 Å². The topological polar surface area (TPSA) is 45.8 Å². The van der Waals surface area contributed by atoms with Crippen molar-refractivity contribution < 1.29 is 9.05 Å². The molecule has 5 nitrogen and oxygen atoms in total. The Morgan fingerprint density at radius 2 is 1.91 bits per heavy atom. The molecule has 0 spiro atoms. The van der Waals surface area contributed by atoms with E-state index in [4.69, 9.17) is 33.1 Å². The molecule has 0 aliphatic heterocycles. The van der Waals surface area contributed by atoms with Crippen LogP contribution in [0.3, 0.4) is 0 Å². The van der Waals surface area contributed by atoms with Crippen LogP contribution in [-0.4, -0.2) is 30.2 Å². The van der Waals surface area contributed by atoms with Crippen molar-refractivity contribution in [2.24, 2.45) is 0 Å². The molecule has 0 aliphatic rings. The minimum atomic E-state index is -2.57. The van der Waals surface area contributed by atoms with Crippen LogP contribution in [0.25, 0.3) is 0 Å². The van der Waals surface area contributed by atoms with Crippen LogP contribution in [0.2, 0.25) is 0 Å². The molecule has 22 heavy (non-hydrogen) atoms. The smallest absolute Gasteiger partial charge is 0.281 e. The lowest BCUT2D eigenvalue weighted by Gasteiger charge is -2.31. The van der Waals surface area contributed by atoms with Crippen molar-refractivity contribution >= 4 is 57.4 Å². The number of nitrogens with zero attached hydrogens (tertiary/aromatic N) is 1. The number of hydrogen-bond acceptors (Lipinski definition) is 4. The Hall–Kier alpha value is -0.0800. The summed E-state index contributed by atoms with van der Waals surface area (Å²) in [5.74, 6) is 0. The first-order chi connectivity index (χ1) is 10.3. The van der Waals surface area contributed by atoms with Crippen LogP contribution in [-0.2, 0) is 20.9 Å². The Kier molecular flexibility index (Phi) is 8.42. The predicted molar refractivity (Wildman–Crippen MR) is 104 cm³/mol. The van der Waals surface area contributed by atoms with E-state index >= 15 is 0 Å². The third kappa shape index (κ3) is 5.85. The Bertz CT molecular complexity index is 564. The average Bonchev–Trinajstić information content (AvgIpc) is 2.42. The number of benzene rings is 1. The summed E-state index contributed by atoms with van der Waals surface area (Å²) >= 11 is 14.2. The quantitative estimate of drug-likeness (QED) is 0.385. The van der Waals surface area contributed by atoms with Crippen molar-refractivity contribution in [3.05, 3.63) is 28.2 Å². The first-order valence-corrected chi connectivity index (χ1v) is 10.6. The molecule has 0 saturated carbocycles. The van der Waals surface area contributed by atoms with E-state index in [2.05, 4.69) is 26.7 Å². The number of aryl methyl sites for hydroxylation is 1. The Balaban J connectivity index is 2.72. The van der Waals surface area contributed by atoms with E-state index in [9.17, 15) is 0 Å². The van der Waals surface area contributed by atoms with Gasteiger partial charge in [-0.15, -0.1) is 4.78 Å². The number of hydrogen-bond donors (Lipinski definition) is 2. The number of rotatable bonds is 7. The van der Waals surface area contributed by atoms with E-state index in [0.29, 0.717) is 18.3 Å². The molecule has 1 aromatic carbocycles. The van der Waals surface area contributed by atoms with Gasteiger partial charge < -0.3 is 14.4 Å². The van der Waals surface area contributed by atoms with Crippen molar-refractivity contribution in [3.63, 3.8) is 0 Å². The fraction of sp³-hybridized carbons (Fsp3) is 0.462. The molecule has 0 bridgehead atoms. The van der Waals surface area contributed by atoms with Gasteiger partial charge in [0, 0.05) is 17.2 Å². The second-order valence-corrected chi connectivity index (χ2v) is 9.11. The summed E-state index contributed by atoms with van der Waals surface area (Å²) in [4.78, 5) is 0. The normalized spacial score (nSPS) is 11.5. The lowest BCUT2D eigenvalue weighted by atomic mass is 10.2. The third-order valence-corrected chi connectivity index (χ3v) is 6.71. The van der Waals surface area contributed by atoms with Gasteiger partial charge in [-0.2, -0.15) is 0 Å².